The standard InChI is InChI=1S/C18H22N4O2S2/c1-10-13(4)25-16-15(10)17(26-18-19-11(2)12(3)24-18)21-14(20-16)9-22-5-7-23-8-6-22/h5-9H2,1-4H3. The highest BCUT2D eigenvalue weighted by atomic mass is 32.2. The van der Waals surface area contributed by atoms with Crippen LogP contribution in [0.25, 0.3) is 10.2 Å². The normalized spacial score (nSPS) is 15.8. The van der Waals surface area contributed by atoms with Crippen LogP contribution in [-0.4, -0.2) is 46.2 Å². The molecule has 0 saturated carbocycles. The highest BCUT2D eigenvalue weighted by molar-refractivity contribution is 7.99. The molecule has 26 heavy (non-hydrogen) atoms. The fraction of sp³-hybridized carbons (Fsp3) is 0.500. The van der Waals surface area contributed by atoms with E-state index >= 15 is 0 Å². The average Bonchev–Trinajstić information content (AvgIpc) is 3.07. The molecular formula is C18H22N4O2S2. The molecule has 0 unspecified atom stereocenters. The van der Waals surface area contributed by atoms with Crippen molar-refractivity contribution in [2.45, 2.75) is 44.5 Å². The van der Waals surface area contributed by atoms with Gasteiger partial charge in [-0.3, -0.25) is 4.90 Å². The van der Waals surface area contributed by atoms with E-state index in [1.165, 1.54) is 22.2 Å². The molecule has 0 spiro atoms. The van der Waals surface area contributed by atoms with Gasteiger partial charge in [-0.2, -0.15) is 0 Å². The highest BCUT2D eigenvalue weighted by Crippen LogP contribution is 2.38. The largest absolute Gasteiger partial charge is 0.436 e. The number of aryl methyl sites for hydroxylation is 4. The number of nitrogens with zero attached hydrogens (tertiary/aromatic N) is 4. The van der Waals surface area contributed by atoms with E-state index in [1.807, 2.05) is 13.8 Å². The van der Waals surface area contributed by atoms with Gasteiger partial charge in [0.1, 0.15) is 21.4 Å². The summed E-state index contributed by atoms with van der Waals surface area (Å²) in [6, 6.07) is 0. The molecule has 1 aliphatic rings. The minimum atomic E-state index is 0.639. The van der Waals surface area contributed by atoms with E-state index in [4.69, 9.17) is 19.1 Å². The molecule has 6 nitrogen and oxygen atoms in total. The first-order chi connectivity index (χ1) is 12.5. The zero-order valence-electron chi connectivity index (χ0n) is 15.5. The molecule has 0 bridgehead atoms. The van der Waals surface area contributed by atoms with Gasteiger partial charge in [0.25, 0.3) is 5.22 Å². The van der Waals surface area contributed by atoms with Crippen LogP contribution in [0.1, 0.15) is 27.7 Å². The average molecular weight is 391 g/mol. The van der Waals surface area contributed by atoms with E-state index < -0.39 is 0 Å². The molecule has 138 valence electrons. The first kappa shape index (κ1) is 17.9. The monoisotopic (exact) mass is 390 g/mol. The molecule has 0 radical (unpaired) electrons. The molecular weight excluding hydrogens is 368 g/mol. The molecule has 0 aromatic carbocycles. The van der Waals surface area contributed by atoms with Crippen LogP contribution in [-0.2, 0) is 11.3 Å². The molecule has 4 heterocycles. The van der Waals surface area contributed by atoms with Gasteiger partial charge in [-0.1, -0.05) is 0 Å². The van der Waals surface area contributed by atoms with Crippen molar-refractivity contribution in [3.63, 3.8) is 0 Å². The molecule has 0 atom stereocenters. The number of morpholine rings is 1. The minimum Gasteiger partial charge on any atom is -0.436 e. The van der Waals surface area contributed by atoms with Crippen molar-refractivity contribution in [2.75, 3.05) is 26.3 Å². The summed E-state index contributed by atoms with van der Waals surface area (Å²) in [6.45, 7) is 12.3. The molecule has 3 aromatic heterocycles. The van der Waals surface area contributed by atoms with Crippen LogP contribution < -0.4 is 0 Å². The van der Waals surface area contributed by atoms with Gasteiger partial charge >= 0.3 is 0 Å². The third-order valence-corrected chi connectivity index (χ3v) is 6.64. The first-order valence-corrected chi connectivity index (χ1v) is 10.3. The number of oxazole rings is 1. The van der Waals surface area contributed by atoms with Crippen LogP contribution in [0.15, 0.2) is 14.7 Å². The number of fused-ring (bicyclic) bond motifs is 1. The Morgan fingerprint density at radius 3 is 2.54 bits per heavy atom. The van der Waals surface area contributed by atoms with Crippen LogP contribution >= 0.6 is 23.1 Å². The second kappa shape index (κ2) is 7.26. The van der Waals surface area contributed by atoms with Crippen molar-refractivity contribution >= 4 is 33.3 Å². The van der Waals surface area contributed by atoms with Crippen LogP contribution in [0.3, 0.4) is 0 Å². The van der Waals surface area contributed by atoms with Gasteiger partial charge in [0.2, 0.25) is 0 Å². The molecule has 1 saturated heterocycles. The summed E-state index contributed by atoms with van der Waals surface area (Å²) < 4.78 is 11.2. The Morgan fingerprint density at radius 2 is 1.85 bits per heavy atom. The second-order valence-electron chi connectivity index (χ2n) is 6.52. The Labute approximate surface area is 161 Å². The van der Waals surface area contributed by atoms with Gasteiger partial charge in [-0.25, -0.2) is 15.0 Å². The van der Waals surface area contributed by atoms with Crippen LogP contribution in [0, 0.1) is 27.7 Å². The predicted octanol–water partition coefficient (Wildman–Crippen LogP) is 3.90. The predicted molar refractivity (Wildman–Crippen MR) is 103 cm³/mol. The fourth-order valence-corrected chi connectivity index (χ4v) is 5.06. The summed E-state index contributed by atoms with van der Waals surface area (Å²) in [5.74, 6) is 1.70. The minimum absolute atomic E-state index is 0.639. The summed E-state index contributed by atoms with van der Waals surface area (Å²) >= 11 is 3.22. The Kier molecular flexibility index (Phi) is 5.00. The van der Waals surface area contributed by atoms with Gasteiger partial charge in [0.05, 0.1) is 25.5 Å². The van der Waals surface area contributed by atoms with Crippen molar-refractivity contribution in [3.05, 3.63) is 27.7 Å². The van der Waals surface area contributed by atoms with Gasteiger partial charge < -0.3 is 9.15 Å². The van der Waals surface area contributed by atoms with Crippen molar-refractivity contribution in [1.29, 1.82) is 0 Å². The lowest BCUT2D eigenvalue weighted by Gasteiger charge is -2.25. The third kappa shape index (κ3) is 3.51. The van der Waals surface area contributed by atoms with E-state index in [-0.39, 0.29) is 0 Å². The summed E-state index contributed by atoms with van der Waals surface area (Å²) in [6.07, 6.45) is 0. The van der Waals surface area contributed by atoms with Crippen molar-refractivity contribution in [3.8, 4) is 0 Å². The number of ether oxygens (including phenoxy) is 1. The molecule has 0 aliphatic carbocycles. The number of aromatic nitrogens is 3. The summed E-state index contributed by atoms with van der Waals surface area (Å²) in [7, 11) is 0. The van der Waals surface area contributed by atoms with Crippen molar-refractivity contribution in [1.82, 2.24) is 19.9 Å². The lowest BCUT2D eigenvalue weighted by molar-refractivity contribution is 0.0330. The maximum atomic E-state index is 5.77. The van der Waals surface area contributed by atoms with E-state index in [2.05, 4.69) is 23.7 Å². The molecule has 4 rings (SSSR count). The number of thiophene rings is 1. The summed E-state index contributed by atoms with van der Waals surface area (Å²) in [4.78, 5) is 18.9. The molecule has 0 N–H and O–H groups in total. The molecule has 0 amide bonds. The Bertz CT molecular complexity index is 925. The SMILES string of the molecule is Cc1nc(Sc2nc(CN3CCOCC3)nc3sc(C)c(C)c23)oc1C. The topological polar surface area (TPSA) is 64.3 Å². The van der Waals surface area contributed by atoms with Gasteiger partial charge in [-0.05, 0) is 45.0 Å². The Morgan fingerprint density at radius 1 is 1.08 bits per heavy atom. The maximum absolute atomic E-state index is 5.77. The van der Waals surface area contributed by atoms with E-state index in [1.54, 1.807) is 11.3 Å². The van der Waals surface area contributed by atoms with Gasteiger partial charge in [0.15, 0.2) is 0 Å². The number of hydrogen-bond donors (Lipinski definition) is 0. The third-order valence-electron chi connectivity index (χ3n) is 4.70. The van der Waals surface area contributed by atoms with Gasteiger partial charge in [0, 0.05) is 23.4 Å². The number of rotatable bonds is 4. The zero-order valence-corrected chi connectivity index (χ0v) is 17.1. The Hall–Kier alpha value is -1.48. The quantitative estimate of drug-likeness (QED) is 0.626. The second-order valence-corrected chi connectivity index (χ2v) is 8.66. The lowest BCUT2D eigenvalue weighted by Crippen LogP contribution is -2.36. The lowest BCUT2D eigenvalue weighted by atomic mass is 10.2. The van der Waals surface area contributed by atoms with Crippen LogP contribution in [0.4, 0.5) is 0 Å². The number of hydrogen-bond acceptors (Lipinski definition) is 8. The maximum Gasteiger partial charge on any atom is 0.262 e. The van der Waals surface area contributed by atoms with Crippen molar-refractivity contribution < 1.29 is 9.15 Å². The first-order valence-electron chi connectivity index (χ1n) is 8.70. The van der Waals surface area contributed by atoms with Crippen LogP contribution in [0.5, 0.6) is 0 Å². The molecule has 3 aromatic rings. The Balaban J connectivity index is 1.72. The van der Waals surface area contributed by atoms with Crippen LogP contribution in [0.2, 0.25) is 0 Å². The van der Waals surface area contributed by atoms with E-state index in [0.29, 0.717) is 5.22 Å². The fourth-order valence-electron chi connectivity index (χ4n) is 2.93. The molecule has 1 aliphatic heterocycles. The zero-order chi connectivity index (χ0) is 18.3. The molecule has 1 fully saturated rings. The van der Waals surface area contributed by atoms with E-state index in [0.717, 1.165) is 65.4 Å². The summed E-state index contributed by atoms with van der Waals surface area (Å²) in [5, 5.41) is 2.69. The van der Waals surface area contributed by atoms with Gasteiger partial charge in [-0.15, -0.1) is 11.3 Å². The smallest absolute Gasteiger partial charge is 0.262 e. The van der Waals surface area contributed by atoms with E-state index in [9.17, 15) is 0 Å². The summed E-state index contributed by atoms with van der Waals surface area (Å²) in [5.41, 5.74) is 2.16. The molecule has 8 heteroatoms. The van der Waals surface area contributed by atoms with Crippen molar-refractivity contribution in [2.24, 2.45) is 0 Å². The highest BCUT2D eigenvalue weighted by Gasteiger charge is 2.20.